The number of hydrogen-bond donors (Lipinski definition) is 1. The van der Waals surface area contributed by atoms with Gasteiger partial charge in [-0.3, -0.25) is 4.79 Å². The van der Waals surface area contributed by atoms with E-state index in [2.05, 4.69) is 5.32 Å². The summed E-state index contributed by atoms with van der Waals surface area (Å²) in [5, 5.41) is 5.16. The van der Waals surface area contributed by atoms with Crippen molar-refractivity contribution in [1.82, 2.24) is 5.32 Å². The van der Waals surface area contributed by atoms with E-state index in [9.17, 15) is 13.2 Å². The first-order chi connectivity index (χ1) is 12.8. The van der Waals surface area contributed by atoms with Crippen LogP contribution in [0.1, 0.15) is 18.5 Å². The zero-order valence-corrected chi connectivity index (χ0v) is 16.0. The summed E-state index contributed by atoms with van der Waals surface area (Å²) < 4.78 is 28.4. The van der Waals surface area contributed by atoms with Crippen molar-refractivity contribution in [3.05, 3.63) is 72.3 Å². The Labute approximate surface area is 158 Å². The molecule has 0 radical (unpaired) electrons. The molecule has 0 aliphatic carbocycles. The van der Waals surface area contributed by atoms with Gasteiger partial charge in [-0.2, -0.15) is 0 Å². The number of nitrogens with one attached hydrogen (secondary N) is 1. The molecule has 1 amide bonds. The van der Waals surface area contributed by atoms with E-state index in [0.717, 1.165) is 22.6 Å². The third kappa shape index (κ3) is 4.65. The molecule has 0 spiro atoms. The highest BCUT2D eigenvalue weighted by atomic mass is 32.2. The zero-order valence-electron chi connectivity index (χ0n) is 15.2. The Morgan fingerprint density at radius 3 is 2.37 bits per heavy atom. The first kappa shape index (κ1) is 18.9. The van der Waals surface area contributed by atoms with E-state index in [0.29, 0.717) is 5.75 Å². The van der Waals surface area contributed by atoms with Crippen LogP contribution in [-0.4, -0.2) is 27.2 Å². The van der Waals surface area contributed by atoms with Gasteiger partial charge in [0.25, 0.3) is 5.91 Å². The van der Waals surface area contributed by atoms with E-state index in [4.69, 9.17) is 4.74 Å². The molecule has 1 unspecified atom stereocenters. The van der Waals surface area contributed by atoms with E-state index in [1.807, 2.05) is 49.4 Å². The molecule has 0 fully saturated rings. The van der Waals surface area contributed by atoms with E-state index >= 15 is 0 Å². The van der Waals surface area contributed by atoms with Crippen molar-refractivity contribution in [2.24, 2.45) is 0 Å². The first-order valence-electron chi connectivity index (χ1n) is 8.54. The second-order valence-electron chi connectivity index (χ2n) is 6.39. The van der Waals surface area contributed by atoms with Crippen LogP contribution in [0, 0.1) is 0 Å². The Hall–Kier alpha value is -2.86. The van der Waals surface area contributed by atoms with Crippen molar-refractivity contribution in [3.8, 4) is 5.75 Å². The van der Waals surface area contributed by atoms with Crippen molar-refractivity contribution >= 4 is 26.5 Å². The van der Waals surface area contributed by atoms with Crippen LogP contribution in [0.25, 0.3) is 10.8 Å². The maximum atomic E-state index is 12.2. The first-order valence-corrected chi connectivity index (χ1v) is 10.4. The van der Waals surface area contributed by atoms with Crippen LogP contribution < -0.4 is 10.1 Å². The molecule has 140 valence electrons. The van der Waals surface area contributed by atoms with Crippen LogP contribution in [0.4, 0.5) is 0 Å². The third-order valence-electron chi connectivity index (χ3n) is 4.29. The number of carbonyl (C=O) groups is 1. The van der Waals surface area contributed by atoms with E-state index in [1.165, 1.54) is 24.3 Å². The second kappa shape index (κ2) is 7.80. The van der Waals surface area contributed by atoms with E-state index < -0.39 is 9.84 Å². The van der Waals surface area contributed by atoms with Gasteiger partial charge in [0.1, 0.15) is 5.75 Å². The lowest BCUT2D eigenvalue weighted by molar-refractivity contribution is -0.123. The Morgan fingerprint density at radius 2 is 1.67 bits per heavy atom. The standard InChI is InChI=1S/C21H21NO4S/c1-15(19-9-5-7-16-6-3-4-8-20(16)19)22-21(23)14-26-17-10-12-18(13-11-17)27(2,24)25/h3-13,15H,14H2,1-2H3,(H,22,23). The largest absolute Gasteiger partial charge is 0.484 e. The maximum Gasteiger partial charge on any atom is 0.258 e. The number of fused-ring (bicyclic) bond motifs is 1. The summed E-state index contributed by atoms with van der Waals surface area (Å²) in [6, 6.07) is 19.9. The maximum absolute atomic E-state index is 12.2. The van der Waals surface area contributed by atoms with Gasteiger partial charge in [0.05, 0.1) is 10.9 Å². The van der Waals surface area contributed by atoms with Gasteiger partial charge >= 0.3 is 0 Å². The van der Waals surface area contributed by atoms with Crippen LogP contribution >= 0.6 is 0 Å². The van der Waals surface area contributed by atoms with Gasteiger partial charge in [-0.25, -0.2) is 8.42 Å². The lowest BCUT2D eigenvalue weighted by atomic mass is 10.00. The summed E-state index contributed by atoms with van der Waals surface area (Å²) in [7, 11) is -3.25. The highest BCUT2D eigenvalue weighted by Crippen LogP contribution is 2.24. The monoisotopic (exact) mass is 383 g/mol. The fourth-order valence-corrected chi connectivity index (χ4v) is 3.55. The van der Waals surface area contributed by atoms with Crippen LogP contribution in [0.2, 0.25) is 0 Å². The summed E-state index contributed by atoms with van der Waals surface area (Å²) in [5.41, 5.74) is 1.04. The minimum atomic E-state index is -3.25. The lowest BCUT2D eigenvalue weighted by Crippen LogP contribution is -2.31. The fraction of sp³-hybridized carbons (Fsp3) is 0.190. The summed E-state index contributed by atoms with van der Waals surface area (Å²) in [6.07, 6.45) is 1.14. The van der Waals surface area contributed by atoms with Crippen molar-refractivity contribution in [3.63, 3.8) is 0 Å². The Morgan fingerprint density at radius 1 is 1.00 bits per heavy atom. The minimum Gasteiger partial charge on any atom is -0.484 e. The average Bonchev–Trinajstić information content (AvgIpc) is 2.65. The SMILES string of the molecule is CC(NC(=O)COc1ccc(S(C)(=O)=O)cc1)c1cccc2ccccc12. The number of amides is 1. The number of hydrogen-bond acceptors (Lipinski definition) is 4. The zero-order chi connectivity index (χ0) is 19.4. The van der Waals surface area contributed by atoms with Crippen molar-refractivity contribution in [2.75, 3.05) is 12.9 Å². The van der Waals surface area contributed by atoms with Gasteiger partial charge in [-0.1, -0.05) is 42.5 Å². The topological polar surface area (TPSA) is 72.5 Å². The molecule has 0 saturated carbocycles. The molecular formula is C21H21NO4S. The van der Waals surface area contributed by atoms with Crippen LogP contribution in [0.5, 0.6) is 5.75 Å². The van der Waals surface area contributed by atoms with E-state index in [-0.39, 0.29) is 23.5 Å². The predicted octanol–water partition coefficient (Wildman–Crippen LogP) is 3.50. The molecular weight excluding hydrogens is 362 g/mol. The molecule has 0 aliphatic rings. The van der Waals surface area contributed by atoms with Crippen LogP contribution in [-0.2, 0) is 14.6 Å². The Balaban J connectivity index is 1.62. The molecule has 0 heterocycles. The predicted molar refractivity (Wildman–Crippen MR) is 106 cm³/mol. The van der Waals surface area contributed by atoms with Gasteiger partial charge < -0.3 is 10.1 Å². The Bertz CT molecular complexity index is 1050. The van der Waals surface area contributed by atoms with Crippen LogP contribution in [0.3, 0.4) is 0 Å². The summed E-state index contributed by atoms with van der Waals surface area (Å²) in [4.78, 5) is 12.4. The third-order valence-corrected chi connectivity index (χ3v) is 5.42. The van der Waals surface area contributed by atoms with Gasteiger partial charge in [0.2, 0.25) is 0 Å². The minimum absolute atomic E-state index is 0.146. The molecule has 27 heavy (non-hydrogen) atoms. The molecule has 0 saturated heterocycles. The molecule has 3 aromatic rings. The van der Waals surface area contributed by atoms with Gasteiger partial charge in [-0.15, -0.1) is 0 Å². The molecule has 3 rings (SSSR count). The van der Waals surface area contributed by atoms with Crippen molar-refractivity contribution in [2.45, 2.75) is 17.9 Å². The second-order valence-corrected chi connectivity index (χ2v) is 8.41. The van der Waals surface area contributed by atoms with Crippen molar-refractivity contribution < 1.29 is 17.9 Å². The lowest BCUT2D eigenvalue weighted by Gasteiger charge is -2.17. The molecule has 0 aromatic heterocycles. The summed E-state index contributed by atoms with van der Waals surface area (Å²) >= 11 is 0. The molecule has 0 bridgehead atoms. The quantitative estimate of drug-likeness (QED) is 0.707. The highest BCUT2D eigenvalue weighted by Gasteiger charge is 2.13. The molecule has 1 atom stereocenters. The van der Waals surface area contributed by atoms with Crippen LogP contribution in [0.15, 0.2) is 71.6 Å². The number of rotatable bonds is 6. The smallest absolute Gasteiger partial charge is 0.258 e. The summed E-state index contributed by atoms with van der Waals surface area (Å²) in [5.74, 6) is 0.193. The number of sulfone groups is 1. The molecule has 5 nitrogen and oxygen atoms in total. The highest BCUT2D eigenvalue weighted by molar-refractivity contribution is 7.90. The molecule has 6 heteroatoms. The number of carbonyl (C=O) groups excluding carboxylic acids is 1. The number of ether oxygens (including phenoxy) is 1. The molecule has 0 aliphatic heterocycles. The fourth-order valence-electron chi connectivity index (χ4n) is 2.92. The summed E-state index contributed by atoms with van der Waals surface area (Å²) in [6.45, 7) is 1.79. The van der Waals surface area contributed by atoms with Gasteiger partial charge in [0.15, 0.2) is 16.4 Å². The van der Waals surface area contributed by atoms with Gasteiger partial charge in [-0.05, 0) is 47.5 Å². The average molecular weight is 383 g/mol. The Kier molecular flexibility index (Phi) is 5.46. The van der Waals surface area contributed by atoms with Gasteiger partial charge in [0, 0.05) is 6.26 Å². The number of benzene rings is 3. The van der Waals surface area contributed by atoms with E-state index in [1.54, 1.807) is 0 Å². The molecule has 1 N–H and O–H groups in total. The van der Waals surface area contributed by atoms with Crippen molar-refractivity contribution in [1.29, 1.82) is 0 Å². The molecule has 3 aromatic carbocycles. The normalized spacial score (nSPS) is 12.5.